The van der Waals surface area contributed by atoms with Crippen LogP contribution in [0.1, 0.15) is 47.2 Å². The second-order valence-electron chi connectivity index (χ2n) is 18.3. The summed E-state index contributed by atoms with van der Waals surface area (Å²) >= 11 is 1.89. The number of anilines is 3. The van der Waals surface area contributed by atoms with Gasteiger partial charge in [0.25, 0.3) is 0 Å². The Morgan fingerprint density at radius 3 is 1.74 bits per heavy atom. The van der Waals surface area contributed by atoms with Crippen LogP contribution in [0.2, 0.25) is 0 Å². The zero-order valence-electron chi connectivity index (χ0n) is 36.0. The number of nitrogens with zero attached hydrogens (tertiary/aromatic N) is 1. The molecule has 3 heteroatoms. The molecule has 2 heterocycles. The molecule has 1 aromatic heterocycles. The van der Waals surface area contributed by atoms with Gasteiger partial charge < -0.3 is 9.32 Å². The lowest BCUT2D eigenvalue weighted by Crippen LogP contribution is -2.32. The molecule has 0 unspecified atom stereocenters. The highest BCUT2D eigenvalue weighted by Gasteiger charge is 2.50. The molecule has 10 aromatic carbocycles. The average molecular weight is 848 g/mol. The van der Waals surface area contributed by atoms with E-state index in [9.17, 15) is 0 Å². The number of fused-ring (bicyclic) bond motifs is 16. The lowest BCUT2D eigenvalue weighted by molar-refractivity contribution is 0.660. The van der Waals surface area contributed by atoms with Gasteiger partial charge in [0, 0.05) is 42.7 Å². The summed E-state index contributed by atoms with van der Waals surface area (Å²) in [7, 11) is 0. The minimum Gasteiger partial charge on any atom is -0.456 e. The normalized spacial score (nSPS) is 14.5. The summed E-state index contributed by atoms with van der Waals surface area (Å²) in [5, 5.41) is 4.63. The van der Waals surface area contributed by atoms with Crippen LogP contribution in [0.15, 0.2) is 227 Å². The van der Waals surface area contributed by atoms with E-state index in [2.05, 4.69) is 231 Å². The van der Waals surface area contributed by atoms with Crippen molar-refractivity contribution in [2.24, 2.45) is 0 Å². The average Bonchev–Trinajstić information content (AvgIpc) is 3.96. The van der Waals surface area contributed by atoms with Gasteiger partial charge in [-0.2, -0.15) is 0 Å². The Labute approximate surface area is 382 Å². The van der Waals surface area contributed by atoms with E-state index in [4.69, 9.17) is 4.42 Å². The molecule has 2 nitrogen and oxygen atoms in total. The van der Waals surface area contributed by atoms with Gasteiger partial charge in [-0.1, -0.05) is 177 Å². The van der Waals surface area contributed by atoms with Gasteiger partial charge in [-0.25, -0.2) is 0 Å². The molecule has 3 aliphatic rings. The van der Waals surface area contributed by atoms with E-state index in [1.807, 2.05) is 11.8 Å². The van der Waals surface area contributed by atoms with Crippen molar-refractivity contribution in [3.8, 4) is 33.4 Å². The molecule has 0 fully saturated rings. The second kappa shape index (κ2) is 13.5. The first-order valence-electron chi connectivity index (χ1n) is 22.6. The molecule has 0 saturated carbocycles. The van der Waals surface area contributed by atoms with E-state index in [1.54, 1.807) is 0 Å². The van der Waals surface area contributed by atoms with Crippen molar-refractivity contribution in [2.45, 2.75) is 34.5 Å². The zero-order chi connectivity index (χ0) is 43.0. The maximum absolute atomic E-state index is 6.47. The molecule has 0 atom stereocenters. The largest absolute Gasteiger partial charge is 0.456 e. The van der Waals surface area contributed by atoms with E-state index in [0.717, 1.165) is 50.1 Å². The van der Waals surface area contributed by atoms with E-state index >= 15 is 0 Å². The van der Waals surface area contributed by atoms with Gasteiger partial charge in [-0.3, -0.25) is 0 Å². The fourth-order valence-corrected chi connectivity index (χ4v) is 13.1. The Kier molecular flexibility index (Phi) is 7.63. The highest BCUT2D eigenvalue weighted by atomic mass is 32.2. The van der Waals surface area contributed by atoms with Gasteiger partial charge in [0.05, 0.1) is 11.1 Å². The fraction of sp³-hybridized carbons (Fsp3) is 0.0645. The molecule has 14 rings (SSSR count). The first-order chi connectivity index (χ1) is 32.0. The monoisotopic (exact) mass is 847 g/mol. The topological polar surface area (TPSA) is 16.4 Å². The Bertz CT molecular complexity index is 3770. The lowest BCUT2D eigenvalue weighted by Gasteiger charge is -2.40. The summed E-state index contributed by atoms with van der Waals surface area (Å²) in [5.74, 6) is 0. The molecule has 11 aromatic rings. The van der Waals surface area contributed by atoms with Gasteiger partial charge >= 0.3 is 0 Å². The van der Waals surface area contributed by atoms with Crippen LogP contribution in [0.25, 0.3) is 66.1 Å². The molecule has 1 aliphatic heterocycles. The van der Waals surface area contributed by atoms with Crippen LogP contribution < -0.4 is 4.90 Å². The summed E-state index contributed by atoms with van der Waals surface area (Å²) in [6.07, 6.45) is 0. The number of hydrogen-bond donors (Lipinski definition) is 0. The standard InChI is InChI=1S/C62H41NOS/c1-61(2)49-23-9-5-18-44(49)47-32-30-40(36-53(47)61)63(55-35-39(34-38-16-3-4-17-42(38)55)43-22-15-28-57-60(43)48-21-8-13-27-56(48)64-57)41-31-33-59-54(37-41)62(52-26-12-14-29-58(52)65-59)50-24-10-6-19-45(50)46-20-7-11-25-51(46)62/h3-37H,1-2H3. The van der Waals surface area contributed by atoms with Crippen molar-refractivity contribution in [3.05, 3.63) is 246 Å². The first-order valence-corrected chi connectivity index (χ1v) is 23.4. The van der Waals surface area contributed by atoms with Crippen molar-refractivity contribution in [1.82, 2.24) is 0 Å². The third-order valence-electron chi connectivity index (χ3n) is 14.7. The number of rotatable bonds is 4. The third-order valence-corrected chi connectivity index (χ3v) is 15.9. The van der Waals surface area contributed by atoms with Gasteiger partial charge in [-0.05, 0) is 133 Å². The van der Waals surface area contributed by atoms with Crippen LogP contribution in [0.5, 0.6) is 0 Å². The van der Waals surface area contributed by atoms with Crippen molar-refractivity contribution < 1.29 is 4.42 Å². The summed E-state index contributed by atoms with van der Waals surface area (Å²) < 4.78 is 6.47. The van der Waals surface area contributed by atoms with E-state index in [-0.39, 0.29) is 5.41 Å². The summed E-state index contributed by atoms with van der Waals surface area (Å²) in [6, 6.07) is 79.2. The highest BCUT2D eigenvalue weighted by Crippen LogP contribution is 2.63. The number of hydrogen-bond acceptors (Lipinski definition) is 3. The molecule has 0 radical (unpaired) electrons. The zero-order valence-corrected chi connectivity index (χ0v) is 36.8. The van der Waals surface area contributed by atoms with Crippen LogP contribution in [0.3, 0.4) is 0 Å². The molecule has 0 saturated heterocycles. The smallest absolute Gasteiger partial charge is 0.136 e. The second-order valence-corrected chi connectivity index (χ2v) is 19.4. The van der Waals surface area contributed by atoms with E-state index < -0.39 is 5.41 Å². The van der Waals surface area contributed by atoms with Crippen molar-refractivity contribution in [2.75, 3.05) is 4.90 Å². The predicted molar refractivity (Wildman–Crippen MR) is 270 cm³/mol. The molecule has 65 heavy (non-hydrogen) atoms. The molecule has 2 aliphatic carbocycles. The van der Waals surface area contributed by atoms with Crippen LogP contribution in [0.4, 0.5) is 17.1 Å². The first kappa shape index (κ1) is 36.8. The number of furan rings is 1. The van der Waals surface area contributed by atoms with Gasteiger partial charge in [0.2, 0.25) is 0 Å². The molecule has 0 N–H and O–H groups in total. The van der Waals surface area contributed by atoms with Crippen molar-refractivity contribution in [1.29, 1.82) is 0 Å². The maximum Gasteiger partial charge on any atom is 0.136 e. The number of para-hydroxylation sites is 1. The summed E-state index contributed by atoms with van der Waals surface area (Å²) in [4.78, 5) is 5.13. The van der Waals surface area contributed by atoms with E-state index in [1.165, 1.54) is 76.2 Å². The number of benzene rings is 10. The highest BCUT2D eigenvalue weighted by molar-refractivity contribution is 7.99. The fourth-order valence-electron chi connectivity index (χ4n) is 11.9. The van der Waals surface area contributed by atoms with Crippen molar-refractivity contribution >= 4 is 61.5 Å². The Morgan fingerprint density at radius 2 is 0.954 bits per heavy atom. The van der Waals surface area contributed by atoms with Crippen molar-refractivity contribution in [3.63, 3.8) is 0 Å². The Balaban J connectivity index is 1.07. The van der Waals surface area contributed by atoms with E-state index in [0.29, 0.717) is 0 Å². The van der Waals surface area contributed by atoms with Crippen LogP contribution in [0, 0.1) is 0 Å². The van der Waals surface area contributed by atoms with Gasteiger partial charge in [0.15, 0.2) is 0 Å². The summed E-state index contributed by atoms with van der Waals surface area (Å²) in [6.45, 7) is 4.76. The summed E-state index contributed by atoms with van der Waals surface area (Å²) in [5.41, 5.74) is 20.1. The maximum atomic E-state index is 6.47. The predicted octanol–water partition coefficient (Wildman–Crippen LogP) is 17.0. The molecule has 1 spiro atoms. The van der Waals surface area contributed by atoms with Crippen LogP contribution >= 0.6 is 11.8 Å². The minimum absolute atomic E-state index is 0.174. The van der Waals surface area contributed by atoms with Gasteiger partial charge in [0.1, 0.15) is 11.2 Å². The molecule has 0 bridgehead atoms. The third kappa shape index (κ3) is 5.02. The molecular weight excluding hydrogens is 807 g/mol. The van der Waals surface area contributed by atoms with Gasteiger partial charge in [-0.15, -0.1) is 0 Å². The molecular formula is C62H41NOS. The molecule has 0 amide bonds. The Hall–Kier alpha value is -7.59. The quantitative estimate of drug-likeness (QED) is 0.176. The molecule has 306 valence electrons. The Morgan fingerprint density at radius 1 is 0.400 bits per heavy atom. The van der Waals surface area contributed by atoms with Crippen LogP contribution in [-0.2, 0) is 10.8 Å². The minimum atomic E-state index is -0.504. The lowest BCUT2D eigenvalue weighted by atomic mass is 9.67. The SMILES string of the molecule is CC1(C)c2ccccc2-c2ccc(N(c3ccc4c(c3)C3(c5ccccc5S4)c4ccccc4-c4ccccc43)c3cc(-c4cccc5oc6ccccc6c45)cc4ccccc34)cc21. The van der Waals surface area contributed by atoms with Crippen LogP contribution in [-0.4, -0.2) is 0 Å².